The molecule has 4 rings (SSSR count). The summed E-state index contributed by atoms with van der Waals surface area (Å²) in [4.78, 5) is 22.0. The van der Waals surface area contributed by atoms with Gasteiger partial charge in [-0.3, -0.25) is 9.69 Å². The van der Waals surface area contributed by atoms with Crippen LogP contribution in [0, 0.1) is 0 Å². The van der Waals surface area contributed by atoms with Gasteiger partial charge in [0, 0.05) is 37.6 Å². The first-order valence-corrected chi connectivity index (χ1v) is 6.46. The number of alkyl halides is 3. The van der Waals surface area contributed by atoms with Gasteiger partial charge in [-0.15, -0.1) is 0 Å². The first-order chi connectivity index (χ1) is 9.84. The van der Waals surface area contributed by atoms with E-state index in [2.05, 4.69) is 9.97 Å². The summed E-state index contributed by atoms with van der Waals surface area (Å²) in [7, 11) is 0. The summed E-state index contributed by atoms with van der Waals surface area (Å²) in [6, 6.07) is 0.205. The van der Waals surface area contributed by atoms with Gasteiger partial charge in [-0.05, 0) is 6.42 Å². The van der Waals surface area contributed by atoms with E-state index in [0.717, 1.165) is 18.8 Å². The Balaban J connectivity index is 1.67. The molecule has 1 aromatic heterocycles. The molecular formula is C12H13F3N4O2. The lowest BCUT2D eigenvalue weighted by molar-refractivity contribution is -0.143. The van der Waals surface area contributed by atoms with Crippen LogP contribution in [0.3, 0.4) is 0 Å². The molecule has 2 bridgehead atoms. The summed E-state index contributed by atoms with van der Waals surface area (Å²) >= 11 is 0. The third kappa shape index (κ3) is 2.65. The average molecular weight is 302 g/mol. The fraction of sp³-hybridized carbons (Fsp3) is 0.583. The van der Waals surface area contributed by atoms with E-state index in [4.69, 9.17) is 5.11 Å². The number of aromatic nitrogens is 2. The number of carboxylic acids is 1. The Hall–Kier alpha value is -1.90. The quantitative estimate of drug-likeness (QED) is 0.892. The minimum absolute atomic E-state index is 0.00293. The molecule has 1 aromatic rings. The predicted molar refractivity (Wildman–Crippen MR) is 65.8 cm³/mol. The van der Waals surface area contributed by atoms with Crippen LogP contribution >= 0.6 is 0 Å². The second-order valence-corrected chi connectivity index (χ2v) is 5.28. The lowest BCUT2D eigenvalue weighted by Crippen LogP contribution is -2.69. The van der Waals surface area contributed by atoms with Gasteiger partial charge < -0.3 is 10.0 Å². The number of carboxylic acid groups (broad SMARTS) is 1. The third-order valence-corrected chi connectivity index (χ3v) is 3.91. The molecule has 0 amide bonds. The molecule has 114 valence electrons. The van der Waals surface area contributed by atoms with Crippen LogP contribution in [0.5, 0.6) is 0 Å². The molecule has 6 nitrogen and oxygen atoms in total. The van der Waals surface area contributed by atoms with Gasteiger partial charge in [0.25, 0.3) is 0 Å². The molecule has 3 saturated heterocycles. The molecule has 0 aromatic carbocycles. The minimum atomic E-state index is -4.44. The Morgan fingerprint density at radius 1 is 1.29 bits per heavy atom. The van der Waals surface area contributed by atoms with Crippen molar-refractivity contribution in [3.63, 3.8) is 0 Å². The van der Waals surface area contributed by atoms with Crippen LogP contribution in [0.1, 0.15) is 12.0 Å². The van der Waals surface area contributed by atoms with Gasteiger partial charge in [-0.25, -0.2) is 9.97 Å². The highest BCUT2D eigenvalue weighted by Crippen LogP contribution is 2.34. The smallest absolute Gasteiger partial charge is 0.419 e. The largest absolute Gasteiger partial charge is 0.480 e. The van der Waals surface area contributed by atoms with E-state index in [-0.39, 0.29) is 24.6 Å². The molecule has 3 aliphatic rings. The molecule has 0 aliphatic carbocycles. The Kier molecular flexibility index (Phi) is 3.23. The van der Waals surface area contributed by atoms with Crippen molar-refractivity contribution in [3.8, 4) is 0 Å². The summed E-state index contributed by atoms with van der Waals surface area (Å²) in [5, 5.41) is 8.81. The van der Waals surface area contributed by atoms with Crippen LogP contribution in [0.25, 0.3) is 0 Å². The number of nitrogens with zero attached hydrogens (tertiary/aromatic N) is 4. The maximum Gasteiger partial charge on any atom is 0.419 e. The molecular weight excluding hydrogens is 289 g/mol. The molecule has 0 spiro atoms. The predicted octanol–water partition coefficient (Wildman–Crippen LogP) is 0.843. The van der Waals surface area contributed by atoms with Gasteiger partial charge in [0.05, 0.1) is 12.1 Å². The van der Waals surface area contributed by atoms with Gasteiger partial charge in [0.15, 0.2) is 0 Å². The maximum atomic E-state index is 12.4. The van der Waals surface area contributed by atoms with E-state index in [1.807, 2.05) is 4.90 Å². The van der Waals surface area contributed by atoms with E-state index in [1.54, 1.807) is 4.90 Å². The third-order valence-electron chi connectivity index (χ3n) is 3.91. The Morgan fingerprint density at radius 2 is 1.86 bits per heavy atom. The molecule has 21 heavy (non-hydrogen) atoms. The van der Waals surface area contributed by atoms with Crippen LogP contribution < -0.4 is 4.90 Å². The molecule has 0 radical (unpaired) electrons. The van der Waals surface area contributed by atoms with Crippen LogP contribution in [0.2, 0.25) is 0 Å². The summed E-state index contributed by atoms with van der Waals surface area (Å²) in [6.45, 7) is 1.07. The van der Waals surface area contributed by atoms with Crippen LogP contribution in [-0.2, 0) is 11.0 Å². The highest BCUT2D eigenvalue weighted by Gasteiger charge is 2.45. The normalized spacial score (nSPS) is 25.6. The van der Waals surface area contributed by atoms with Crippen molar-refractivity contribution in [3.05, 3.63) is 18.0 Å². The number of aliphatic carboxylic acids is 1. The maximum absolute atomic E-state index is 12.4. The number of anilines is 1. The van der Waals surface area contributed by atoms with Gasteiger partial charge in [0.1, 0.15) is 0 Å². The molecule has 3 aliphatic heterocycles. The van der Waals surface area contributed by atoms with Crippen LogP contribution in [0.15, 0.2) is 12.4 Å². The van der Waals surface area contributed by atoms with Crippen molar-refractivity contribution in [2.24, 2.45) is 0 Å². The van der Waals surface area contributed by atoms with Crippen molar-refractivity contribution < 1.29 is 23.1 Å². The number of halogens is 3. The number of hydrogen-bond donors (Lipinski definition) is 1. The topological polar surface area (TPSA) is 69.6 Å². The number of piperidine rings is 1. The van der Waals surface area contributed by atoms with Crippen molar-refractivity contribution in [1.82, 2.24) is 14.9 Å². The van der Waals surface area contributed by atoms with Gasteiger partial charge in [-0.1, -0.05) is 0 Å². The molecule has 3 fully saturated rings. The monoisotopic (exact) mass is 302 g/mol. The Morgan fingerprint density at radius 3 is 2.33 bits per heavy atom. The van der Waals surface area contributed by atoms with E-state index in [0.29, 0.717) is 13.1 Å². The van der Waals surface area contributed by atoms with Crippen molar-refractivity contribution in [2.75, 3.05) is 24.5 Å². The highest BCUT2D eigenvalue weighted by molar-refractivity contribution is 5.69. The number of piperazine rings is 1. The van der Waals surface area contributed by atoms with Crippen molar-refractivity contribution in [2.45, 2.75) is 24.7 Å². The summed E-state index contributed by atoms with van der Waals surface area (Å²) in [5.41, 5.74) is -0.874. The van der Waals surface area contributed by atoms with Crippen LogP contribution in [0.4, 0.5) is 19.1 Å². The van der Waals surface area contributed by atoms with E-state index in [1.165, 1.54) is 0 Å². The van der Waals surface area contributed by atoms with Gasteiger partial charge in [0.2, 0.25) is 5.95 Å². The van der Waals surface area contributed by atoms with E-state index < -0.39 is 17.7 Å². The minimum Gasteiger partial charge on any atom is -0.480 e. The molecule has 4 heterocycles. The number of rotatable bonds is 3. The zero-order valence-corrected chi connectivity index (χ0v) is 10.9. The van der Waals surface area contributed by atoms with Gasteiger partial charge in [-0.2, -0.15) is 13.2 Å². The van der Waals surface area contributed by atoms with Gasteiger partial charge >= 0.3 is 12.1 Å². The zero-order valence-electron chi connectivity index (χ0n) is 10.9. The van der Waals surface area contributed by atoms with E-state index >= 15 is 0 Å². The summed E-state index contributed by atoms with van der Waals surface area (Å²) < 4.78 is 37.3. The van der Waals surface area contributed by atoms with Crippen molar-refractivity contribution in [1.29, 1.82) is 0 Å². The SMILES string of the molecule is O=C(O)CN1C2CC1CN(c1ncc(C(F)(F)F)cn1)C2. The molecule has 2 atom stereocenters. The number of fused-ring (bicyclic) bond motifs is 2. The molecule has 9 heteroatoms. The summed E-state index contributed by atoms with van der Waals surface area (Å²) in [5.74, 6) is -0.614. The molecule has 1 N–H and O–H groups in total. The molecule has 2 unspecified atom stereocenters. The second-order valence-electron chi connectivity index (χ2n) is 5.28. The highest BCUT2D eigenvalue weighted by atomic mass is 19.4. The zero-order chi connectivity index (χ0) is 15.2. The first kappa shape index (κ1) is 14.1. The second kappa shape index (κ2) is 4.83. The summed E-state index contributed by atoms with van der Waals surface area (Å²) in [6.07, 6.45) is -1.99. The lowest BCUT2D eigenvalue weighted by atomic mass is 9.87. The van der Waals surface area contributed by atoms with Crippen molar-refractivity contribution >= 4 is 11.9 Å². The average Bonchev–Trinajstić information content (AvgIpc) is 2.44. The fourth-order valence-electron chi connectivity index (χ4n) is 2.90. The van der Waals surface area contributed by atoms with Crippen LogP contribution in [-0.4, -0.2) is 57.7 Å². The number of carbonyl (C=O) groups is 1. The standard InChI is InChI=1S/C12H13F3N4O2/c13-12(14,15)7-2-16-11(17-3-7)18-4-8-1-9(5-18)19(8)6-10(20)21/h2-3,8-9H,1,4-6H2,(H,20,21). The molecule has 0 saturated carbocycles. The lowest BCUT2D eigenvalue weighted by Gasteiger charge is -2.55. The Labute approximate surface area is 118 Å². The van der Waals surface area contributed by atoms with E-state index in [9.17, 15) is 18.0 Å². The number of hydrogen-bond acceptors (Lipinski definition) is 5. The fourth-order valence-corrected chi connectivity index (χ4v) is 2.90. The first-order valence-electron chi connectivity index (χ1n) is 6.46. The Bertz CT molecular complexity index is 536.